The number of aryl methyl sites for hydroxylation is 1. The van der Waals surface area contributed by atoms with Crippen molar-refractivity contribution < 1.29 is 19.1 Å². The number of nitrogens with zero attached hydrogens (tertiary/aromatic N) is 2. The van der Waals surface area contributed by atoms with Gasteiger partial charge in [0.25, 0.3) is 0 Å². The lowest BCUT2D eigenvalue weighted by molar-refractivity contribution is -0.140. The van der Waals surface area contributed by atoms with Gasteiger partial charge in [-0.25, -0.2) is 14.8 Å². The maximum absolute atomic E-state index is 10.8. The number of nitrogens with two attached hydrogens (primary N) is 2. The fraction of sp³-hybridized carbons (Fsp3) is 0.222. The first-order chi connectivity index (χ1) is 12.4. The van der Waals surface area contributed by atoms with E-state index in [1.807, 2.05) is 12.1 Å². The van der Waals surface area contributed by atoms with E-state index in [1.54, 1.807) is 30.3 Å². The molecule has 0 amide bonds. The van der Waals surface area contributed by atoms with Crippen molar-refractivity contribution in [2.24, 2.45) is 0 Å². The Balaban J connectivity index is 0.000000260. The molecule has 2 aromatic rings. The molecule has 0 atom stereocenters. The highest BCUT2D eigenvalue weighted by Crippen LogP contribution is 2.04. The molecule has 0 saturated carbocycles. The van der Waals surface area contributed by atoms with Crippen LogP contribution in [0.5, 0.6) is 0 Å². The van der Waals surface area contributed by atoms with Crippen LogP contribution in [0, 0.1) is 0 Å². The molecule has 0 bridgehead atoms. The van der Waals surface area contributed by atoms with Crippen molar-refractivity contribution in [3.63, 3.8) is 0 Å². The zero-order valence-corrected chi connectivity index (χ0v) is 14.7. The van der Waals surface area contributed by atoms with Crippen LogP contribution in [0.4, 0.5) is 11.6 Å². The number of anilines is 2. The van der Waals surface area contributed by atoms with Gasteiger partial charge in [-0.2, -0.15) is 0 Å². The van der Waals surface area contributed by atoms with Gasteiger partial charge in [0, 0.05) is 18.2 Å². The second-order valence-electron chi connectivity index (χ2n) is 4.97. The van der Waals surface area contributed by atoms with E-state index < -0.39 is 5.97 Å². The fourth-order valence-corrected chi connectivity index (χ4v) is 1.75. The number of esters is 2. The van der Waals surface area contributed by atoms with Crippen LogP contribution in [-0.2, 0) is 25.5 Å². The van der Waals surface area contributed by atoms with E-state index in [9.17, 15) is 9.59 Å². The average molecular weight is 358 g/mol. The van der Waals surface area contributed by atoms with Crippen LogP contribution in [0.1, 0.15) is 17.8 Å². The molecule has 0 aromatic carbocycles. The normalized spacial score (nSPS) is 9.92. The Hall–Kier alpha value is -3.42. The number of aromatic nitrogens is 2. The van der Waals surface area contributed by atoms with Crippen molar-refractivity contribution in [2.45, 2.75) is 12.8 Å². The maximum atomic E-state index is 10.8. The highest BCUT2D eigenvalue weighted by Gasteiger charge is 2.02. The fourth-order valence-electron chi connectivity index (χ4n) is 1.75. The monoisotopic (exact) mass is 358 g/mol. The van der Waals surface area contributed by atoms with Crippen molar-refractivity contribution in [2.75, 3.05) is 25.7 Å². The first-order valence-electron chi connectivity index (χ1n) is 7.71. The molecule has 2 aromatic heterocycles. The molecular formula is C18H22N4O4. The first-order valence-corrected chi connectivity index (χ1v) is 7.71. The third-order valence-electron chi connectivity index (χ3n) is 3.02. The van der Waals surface area contributed by atoms with Gasteiger partial charge in [0.05, 0.1) is 26.3 Å². The summed E-state index contributed by atoms with van der Waals surface area (Å²) in [6, 6.07) is 10.5. The van der Waals surface area contributed by atoms with E-state index in [4.69, 9.17) is 11.5 Å². The Morgan fingerprint density at radius 1 is 1.00 bits per heavy atom. The summed E-state index contributed by atoms with van der Waals surface area (Å²) in [5.41, 5.74) is 12.3. The zero-order valence-electron chi connectivity index (χ0n) is 14.7. The lowest BCUT2D eigenvalue weighted by Crippen LogP contribution is -2.03. The van der Waals surface area contributed by atoms with Gasteiger partial charge in [0.1, 0.15) is 11.6 Å². The number of carbonyl (C=O) groups is 2. The lowest BCUT2D eigenvalue weighted by Gasteiger charge is -2.00. The number of rotatable bonds is 5. The molecule has 2 rings (SSSR count). The Labute approximate surface area is 151 Å². The number of nitrogen functional groups attached to an aromatic ring is 2. The molecule has 2 heterocycles. The number of ether oxygens (including phenoxy) is 2. The Morgan fingerprint density at radius 2 is 1.65 bits per heavy atom. The number of hydrogen-bond acceptors (Lipinski definition) is 8. The van der Waals surface area contributed by atoms with Crippen LogP contribution >= 0.6 is 0 Å². The molecule has 4 N–H and O–H groups in total. The highest BCUT2D eigenvalue weighted by molar-refractivity contribution is 5.86. The smallest absolute Gasteiger partial charge is 0.330 e. The summed E-state index contributed by atoms with van der Waals surface area (Å²) in [5.74, 6) is 0.253. The molecule has 0 aliphatic carbocycles. The third kappa shape index (κ3) is 8.44. The van der Waals surface area contributed by atoms with Gasteiger partial charge in [-0.3, -0.25) is 4.79 Å². The predicted octanol–water partition coefficient (Wildman–Crippen LogP) is 1.62. The first kappa shape index (κ1) is 20.6. The largest absolute Gasteiger partial charge is 0.469 e. The van der Waals surface area contributed by atoms with Crippen LogP contribution in [0.3, 0.4) is 0 Å². The molecule has 0 aliphatic rings. The molecule has 0 fully saturated rings. The van der Waals surface area contributed by atoms with Crippen molar-refractivity contribution >= 4 is 29.7 Å². The molecule has 138 valence electrons. The highest BCUT2D eigenvalue weighted by atomic mass is 16.5. The summed E-state index contributed by atoms with van der Waals surface area (Å²) in [5, 5.41) is 0. The molecule has 26 heavy (non-hydrogen) atoms. The second-order valence-corrected chi connectivity index (χ2v) is 4.97. The molecule has 8 nitrogen and oxygen atoms in total. The van der Waals surface area contributed by atoms with E-state index in [0.29, 0.717) is 30.2 Å². The summed E-state index contributed by atoms with van der Waals surface area (Å²) < 4.78 is 8.92. The molecule has 0 unspecified atom stereocenters. The van der Waals surface area contributed by atoms with Crippen LogP contribution in [0.2, 0.25) is 0 Å². The van der Waals surface area contributed by atoms with E-state index in [1.165, 1.54) is 20.3 Å². The van der Waals surface area contributed by atoms with E-state index in [2.05, 4.69) is 19.4 Å². The van der Waals surface area contributed by atoms with Gasteiger partial charge in [0.2, 0.25) is 0 Å². The number of pyridine rings is 2. The second kappa shape index (κ2) is 11.2. The van der Waals surface area contributed by atoms with E-state index in [-0.39, 0.29) is 5.97 Å². The van der Waals surface area contributed by atoms with Gasteiger partial charge in [-0.1, -0.05) is 12.1 Å². The molecular weight excluding hydrogens is 336 g/mol. The van der Waals surface area contributed by atoms with Crippen LogP contribution in [0.25, 0.3) is 6.08 Å². The van der Waals surface area contributed by atoms with Crippen LogP contribution in [-0.4, -0.2) is 36.1 Å². The number of carbonyl (C=O) groups excluding carboxylic acids is 2. The topological polar surface area (TPSA) is 130 Å². The van der Waals surface area contributed by atoms with Crippen molar-refractivity contribution in [1.29, 1.82) is 0 Å². The Morgan fingerprint density at radius 3 is 2.23 bits per heavy atom. The number of methoxy groups -OCH3 is 2. The van der Waals surface area contributed by atoms with Gasteiger partial charge < -0.3 is 20.9 Å². The average Bonchev–Trinajstić information content (AvgIpc) is 2.64. The number of hydrogen-bond donors (Lipinski definition) is 2. The van der Waals surface area contributed by atoms with Crippen LogP contribution in [0.15, 0.2) is 42.5 Å². The standard InChI is InChI=1S/C9H12N2O2.C9H10N2O2/c2*1-13-9(12)6-5-7-3-2-4-8(10)11-7/h2-4H,5-6H2,1H3,(H2,10,11);2-6H,1H3,(H2,10,11)/b;6-5+. The van der Waals surface area contributed by atoms with Crippen molar-refractivity contribution in [3.05, 3.63) is 53.9 Å². The molecule has 0 saturated heterocycles. The van der Waals surface area contributed by atoms with Gasteiger partial charge in [-0.05, 0) is 30.3 Å². The van der Waals surface area contributed by atoms with Gasteiger partial charge in [-0.15, -0.1) is 0 Å². The minimum atomic E-state index is -0.413. The minimum absolute atomic E-state index is 0.232. The Kier molecular flexibility index (Phi) is 8.88. The zero-order chi connectivity index (χ0) is 19.4. The van der Waals surface area contributed by atoms with E-state index in [0.717, 1.165) is 5.69 Å². The van der Waals surface area contributed by atoms with E-state index >= 15 is 0 Å². The summed E-state index contributed by atoms with van der Waals surface area (Å²) in [6.07, 6.45) is 3.74. The SMILES string of the molecule is COC(=O)/C=C/c1cccc(N)n1.COC(=O)CCc1cccc(N)n1. The molecule has 0 radical (unpaired) electrons. The quantitative estimate of drug-likeness (QED) is 0.609. The van der Waals surface area contributed by atoms with Gasteiger partial charge >= 0.3 is 11.9 Å². The minimum Gasteiger partial charge on any atom is -0.469 e. The van der Waals surface area contributed by atoms with Gasteiger partial charge in [0.15, 0.2) is 0 Å². The van der Waals surface area contributed by atoms with Crippen molar-refractivity contribution in [1.82, 2.24) is 9.97 Å². The Bertz CT molecular complexity index is 762. The molecule has 0 aliphatic heterocycles. The maximum Gasteiger partial charge on any atom is 0.330 e. The van der Waals surface area contributed by atoms with Crippen molar-refractivity contribution in [3.8, 4) is 0 Å². The summed E-state index contributed by atoms with van der Waals surface area (Å²) in [6.45, 7) is 0. The van der Waals surface area contributed by atoms with Crippen LogP contribution < -0.4 is 11.5 Å². The predicted molar refractivity (Wildman–Crippen MR) is 98.7 cm³/mol. The lowest BCUT2D eigenvalue weighted by atomic mass is 10.2. The molecule has 0 spiro atoms. The molecule has 8 heteroatoms. The summed E-state index contributed by atoms with van der Waals surface area (Å²) in [4.78, 5) is 29.5. The summed E-state index contributed by atoms with van der Waals surface area (Å²) >= 11 is 0. The summed E-state index contributed by atoms with van der Waals surface area (Å²) in [7, 11) is 2.69. The third-order valence-corrected chi connectivity index (χ3v) is 3.02.